The summed E-state index contributed by atoms with van der Waals surface area (Å²) in [5.74, 6) is 0.395. The van der Waals surface area contributed by atoms with E-state index < -0.39 is 5.60 Å². The van der Waals surface area contributed by atoms with Gasteiger partial charge in [0.25, 0.3) is 5.91 Å². The highest BCUT2D eigenvalue weighted by Gasteiger charge is 2.26. The van der Waals surface area contributed by atoms with Crippen molar-refractivity contribution in [2.24, 2.45) is 0 Å². The summed E-state index contributed by atoms with van der Waals surface area (Å²) < 4.78 is 5.46. The van der Waals surface area contributed by atoms with Crippen LogP contribution in [0.3, 0.4) is 0 Å². The highest BCUT2D eigenvalue weighted by Crippen LogP contribution is 2.29. The summed E-state index contributed by atoms with van der Waals surface area (Å²) in [6.07, 6.45) is -0.303. The SMILES string of the molecule is CC(C)(C)OC(=O)N1CCN(Cc2ccc(C(=O)Nc3ccccc3-c3nc4ccccc4[nH]3)cc2O)CC1. The van der Waals surface area contributed by atoms with Gasteiger partial charge in [-0.15, -0.1) is 0 Å². The lowest BCUT2D eigenvalue weighted by Gasteiger charge is -2.35. The maximum absolute atomic E-state index is 13.1. The number of ether oxygens (including phenoxy) is 1. The maximum atomic E-state index is 13.1. The average molecular weight is 528 g/mol. The first-order chi connectivity index (χ1) is 18.7. The molecule has 9 heteroatoms. The molecule has 3 aromatic carbocycles. The first-order valence-corrected chi connectivity index (χ1v) is 13.0. The fourth-order valence-electron chi connectivity index (χ4n) is 4.57. The number of nitrogens with one attached hydrogen (secondary N) is 2. The Kier molecular flexibility index (Phi) is 7.26. The highest BCUT2D eigenvalue weighted by molar-refractivity contribution is 6.06. The minimum absolute atomic E-state index is 0.0581. The zero-order valence-electron chi connectivity index (χ0n) is 22.4. The van der Waals surface area contributed by atoms with Gasteiger partial charge in [-0.1, -0.05) is 30.3 Å². The molecule has 2 heterocycles. The van der Waals surface area contributed by atoms with Crippen molar-refractivity contribution >= 4 is 28.7 Å². The minimum Gasteiger partial charge on any atom is -0.508 e. The fourth-order valence-corrected chi connectivity index (χ4v) is 4.57. The predicted octanol–water partition coefficient (Wildman–Crippen LogP) is 5.24. The molecule has 0 bridgehead atoms. The summed E-state index contributed by atoms with van der Waals surface area (Å²) in [6, 6.07) is 20.2. The van der Waals surface area contributed by atoms with Crippen molar-refractivity contribution < 1.29 is 19.4 Å². The van der Waals surface area contributed by atoms with Crippen LogP contribution < -0.4 is 5.32 Å². The predicted molar refractivity (Wildman–Crippen MR) is 151 cm³/mol. The number of anilines is 1. The van der Waals surface area contributed by atoms with Gasteiger partial charge < -0.3 is 25.0 Å². The van der Waals surface area contributed by atoms with Gasteiger partial charge in [-0.3, -0.25) is 9.69 Å². The second-order valence-electron chi connectivity index (χ2n) is 10.7. The first kappa shape index (κ1) is 26.2. The summed E-state index contributed by atoms with van der Waals surface area (Å²) in [6.45, 7) is 8.53. The van der Waals surface area contributed by atoms with E-state index in [1.807, 2.05) is 69.3 Å². The highest BCUT2D eigenvalue weighted by atomic mass is 16.6. The fraction of sp³-hybridized carbons (Fsp3) is 0.300. The van der Waals surface area contributed by atoms with E-state index in [1.54, 1.807) is 17.0 Å². The monoisotopic (exact) mass is 527 g/mol. The Morgan fingerprint density at radius 2 is 1.72 bits per heavy atom. The minimum atomic E-state index is -0.524. The molecule has 1 fully saturated rings. The van der Waals surface area contributed by atoms with E-state index in [4.69, 9.17) is 4.74 Å². The summed E-state index contributed by atoms with van der Waals surface area (Å²) in [5.41, 5.74) is 3.70. The van der Waals surface area contributed by atoms with Gasteiger partial charge in [-0.2, -0.15) is 0 Å². The number of fused-ring (bicyclic) bond motifs is 1. The Hall–Kier alpha value is -4.37. The number of aromatic amines is 1. The van der Waals surface area contributed by atoms with Crippen LogP contribution in [0.5, 0.6) is 5.75 Å². The summed E-state index contributed by atoms with van der Waals surface area (Å²) in [4.78, 5) is 37.2. The number of hydrogen-bond donors (Lipinski definition) is 3. The number of carbonyl (C=O) groups is 2. The van der Waals surface area contributed by atoms with Crippen LogP contribution in [0, 0.1) is 0 Å². The number of phenols is 1. The molecule has 0 radical (unpaired) electrons. The zero-order chi connectivity index (χ0) is 27.6. The van der Waals surface area contributed by atoms with E-state index in [1.165, 1.54) is 6.07 Å². The molecule has 202 valence electrons. The average Bonchev–Trinajstić information content (AvgIpc) is 3.34. The first-order valence-electron chi connectivity index (χ1n) is 13.0. The topological polar surface area (TPSA) is 111 Å². The quantitative estimate of drug-likeness (QED) is 0.327. The van der Waals surface area contributed by atoms with Crippen molar-refractivity contribution in [3.8, 4) is 17.1 Å². The number of amides is 2. The number of phenolic OH excluding ortho intramolecular Hbond substituents is 1. The number of imidazole rings is 1. The van der Waals surface area contributed by atoms with E-state index in [0.717, 1.165) is 22.2 Å². The lowest BCUT2D eigenvalue weighted by molar-refractivity contribution is 0.0138. The van der Waals surface area contributed by atoms with Crippen molar-refractivity contribution in [1.82, 2.24) is 19.8 Å². The molecule has 0 unspecified atom stereocenters. The van der Waals surface area contributed by atoms with Crippen LogP contribution in [0.25, 0.3) is 22.4 Å². The zero-order valence-corrected chi connectivity index (χ0v) is 22.4. The van der Waals surface area contributed by atoms with E-state index in [9.17, 15) is 14.7 Å². The van der Waals surface area contributed by atoms with Crippen LogP contribution >= 0.6 is 0 Å². The van der Waals surface area contributed by atoms with Gasteiger partial charge in [0, 0.05) is 49.4 Å². The molecule has 9 nitrogen and oxygen atoms in total. The Morgan fingerprint density at radius 3 is 2.44 bits per heavy atom. The Labute approximate surface area is 227 Å². The standard InChI is InChI=1S/C30H33N5O4/c1-30(2,3)39-29(38)35-16-14-34(15-17-35)19-21-13-12-20(18-26(21)36)28(37)33-23-9-5-4-8-22(23)27-31-24-10-6-7-11-25(24)32-27/h4-13,18,36H,14-17,19H2,1-3H3,(H,31,32)(H,33,37). The van der Waals surface area contributed by atoms with Crippen molar-refractivity contribution in [3.05, 3.63) is 77.9 Å². The van der Waals surface area contributed by atoms with Crippen LogP contribution in [0.2, 0.25) is 0 Å². The van der Waals surface area contributed by atoms with Gasteiger partial charge in [0.2, 0.25) is 0 Å². The van der Waals surface area contributed by atoms with Crippen molar-refractivity contribution in [2.45, 2.75) is 32.9 Å². The third-order valence-electron chi connectivity index (χ3n) is 6.59. The Morgan fingerprint density at radius 1 is 1.00 bits per heavy atom. The second-order valence-corrected chi connectivity index (χ2v) is 10.7. The van der Waals surface area contributed by atoms with E-state index >= 15 is 0 Å². The number of nitrogens with zero attached hydrogens (tertiary/aromatic N) is 3. The van der Waals surface area contributed by atoms with E-state index in [-0.39, 0.29) is 17.7 Å². The molecule has 0 atom stereocenters. The molecule has 1 aromatic heterocycles. The van der Waals surface area contributed by atoms with Gasteiger partial charge in [0.05, 0.1) is 16.7 Å². The Balaban J connectivity index is 1.22. The van der Waals surface area contributed by atoms with Gasteiger partial charge in [-0.05, 0) is 57.2 Å². The molecule has 5 rings (SSSR count). The number of para-hydroxylation sites is 3. The second kappa shape index (κ2) is 10.8. The molecule has 0 spiro atoms. The molecule has 0 saturated carbocycles. The number of H-pyrrole nitrogens is 1. The van der Waals surface area contributed by atoms with Crippen molar-refractivity contribution in [1.29, 1.82) is 0 Å². The third kappa shape index (κ3) is 6.21. The summed E-state index contributed by atoms with van der Waals surface area (Å²) >= 11 is 0. The smallest absolute Gasteiger partial charge is 0.410 e. The molecule has 4 aromatic rings. The molecule has 1 saturated heterocycles. The molecule has 39 heavy (non-hydrogen) atoms. The number of benzene rings is 3. The van der Waals surface area contributed by atoms with Crippen molar-refractivity contribution in [3.63, 3.8) is 0 Å². The number of hydrogen-bond acceptors (Lipinski definition) is 6. The number of carbonyl (C=O) groups excluding carboxylic acids is 2. The number of aromatic nitrogens is 2. The third-order valence-corrected chi connectivity index (χ3v) is 6.59. The number of piperazine rings is 1. The molecule has 3 N–H and O–H groups in total. The largest absolute Gasteiger partial charge is 0.508 e. The molecule has 1 aliphatic heterocycles. The Bertz CT molecular complexity index is 1470. The number of aromatic hydroxyl groups is 1. The van der Waals surface area contributed by atoms with Crippen LogP contribution in [0.15, 0.2) is 66.7 Å². The molecular weight excluding hydrogens is 494 g/mol. The molecular formula is C30H33N5O4. The van der Waals surface area contributed by atoms with Gasteiger partial charge >= 0.3 is 6.09 Å². The molecule has 1 aliphatic rings. The van der Waals surface area contributed by atoms with Gasteiger partial charge in [0.15, 0.2) is 0 Å². The maximum Gasteiger partial charge on any atom is 0.410 e. The van der Waals surface area contributed by atoms with Gasteiger partial charge in [-0.25, -0.2) is 9.78 Å². The van der Waals surface area contributed by atoms with E-state index in [0.29, 0.717) is 49.8 Å². The van der Waals surface area contributed by atoms with Crippen LogP contribution in [-0.2, 0) is 11.3 Å². The van der Waals surface area contributed by atoms with Gasteiger partial charge in [0.1, 0.15) is 17.2 Å². The summed E-state index contributed by atoms with van der Waals surface area (Å²) in [5, 5.41) is 13.7. The van der Waals surface area contributed by atoms with E-state index in [2.05, 4.69) is 20.2 Å². The lowest BCUT2D eigenvalue weighted by Crippen LogP contribution is -2.49. The normalized spacial score (nSPS) is 14.4. The van der Waals surface area contributed by atoms with Crippen molar-refractivity contribution in [2.75, 3.05) is 31.5 Å². The number of rotatable bonds is 5. The van der Waals surface area contributed by atoms with Crippen LogP contribution in [0.4, 0.5) is 10.5 Å². The lowest BCUT2D eigenvalue weighted by atomic mass is 10.1. The van der Waals surface area contributed by atoms with Crippen LogP contribution in [-0.4, -0.2) is 68.7 Å². The summed E-state index contributed by atoms with van der Waals surface area (Å²) in [7, 11) is 0. The molecule has 2 amide bonds. The molecule has 0 aliphatic carbocycles. The van der Waals surface area contributed by atoms with Crippen LogP contribution in [0.1, 0.15) is 36.7 Å².